The first-order chi connectivity index (χ1) is 15.1. The summed E-state index contributed by atoms with van der Waals surface area (Å²) in [6.07, 6.45) is 2.11. The van der Waals surface area contributed by atoms with Gasteiger partial charge in [0.1, 0.15) is 6.61 Å². The second kappa shape index (κ2) is 9.76. The third-order valence-corrected chi connectivity index (χ3v) is 5.82. The van der Waals surface area contributed by atoms with E-state index in [1.54, 1.807) is 11.0 Å². The molecule has 2 fully saturated rings. The quantitative estimate of drug-likeness (QED) is 0.343. The summed E-state index contributed by atoms with van der Waals surface area (Å²) in [4.78, 5) is 30.4. The fraction of sp³-hybridized carbons (Fsp3) is 0.522. The van der Waals surface area contributed by atoms with Crippen molar-refractivity contribution in [1.82, 2.24) is 10.2 Å². The molecule has 0 spiro atoms. The predicted octanol–water partition coefficient (Wildman–Crippen LogP) is 2.03. The lowest BCUT2D eigenvalue weighted by atomic mass is 9.76. The molecule has 2 amide bonds. The van der Waals surface area contributed by atoms with E-state index in [-0.39, 0.29) is 42.0 Å². The Kier molecular flexibility index (Phi) is 7.27. The number of hydrogen-bond donors (Lipinski definition) is 3. The number of nitrogens with one attached hydrogen (secondary N) is 1. The van der Waals surface area contributed by atoms with Crippen LogP contribution in [0.1, 0.15) is 32.8 Å². The monoisotopic (exact) mass is 439 g/mol. The molecule has 1 saturated heterocycles. The molecule has 170 valence electrons. The Bertz CT molecular complexity index is 906. The molecule has 1 saturated carbocycles. The maximum Gasteiger partial charge on any atom is 0.475 e. The minimum Gasteiger partial charge on any atom is -0.447 e. The number of hydrogen-bond acceptors (Lipinski definition) is 5. The average Bonchev–Trinajstić information content (AvgIpc) is 3.41. The van der Waals surface area contributed by atoms with Crippen LogP contribution in [0.3, 0.4) is 0 Å². The van der Waals surface area contributed by atoms with Crippen LogP contribution in [0.15, 0.2) is 42.1 Å². The second-order valence-electron chi connectivity index (χ2n) is 9.64. The molecule has 1 heterocycles. The summed E-state index contributed by atoms with van der Waals surface area (Å²) in [5, 5.41) is 21.8. The van der Waals surface area contributed by atoms with Crippen LogP contribution in [0.2, 0.25) is 0 Å². The molecule has 4 atom stereocenters. The Labute approximate surface area is 189 Å². The molecule has 1 aliphatic carbocycles. The van der Waals surface area contributed by atoms with Crippen LogP contribution in [0, 0.1) is 23.8 Å². The first kappa shape index (κ1) is 23.8. The lowest BCUT2D eigenvalue weighted by Crippen LogP contribution is -2.49. The third-order valence-electron chi connectivity index (χ3n) is 5.82. The Morgan fingerprint density at radius 1 is 1.34 bits per heavy atom. The molecule has 2 aliphatic rings. The first-order valence-corrected chi connectivity index (χ1v) is 10.8. The van der Waals surface area contributed by atoms with Crippen molar-refractivity contribution >= 4 is 19.1 Å². The van der Waals surface area contributed by atoms with Gasteiger partial charge in [0.2, 0.25) is 5.70 Å². The van der Waals surface area contributed by atoms with Gasteiger partial charge >= 0.3 is 13.2 Å². The standard InChI is InChI=1S/C23H30BN3O5/c1-23(2,3)12-18(25-4)21(28)27-13-16-11-17(16)19(27)14-32-22(29)26-20(24(30)31)10-15-8-6-5-7-9-15/h5-9,12,16-17,19-20,30-31H,10-11,13-14H2,1-3H3,(H,26,29)/t16-,17-,19+,20-/m0/s1. The molecule has 0 aromatic heterocycles. The summed E-state index contributed by atoms with van der Waals surface area (Å²) in [6.45, 7) is 13.8. The highest BCUT2D eigenvalue weighted by molar-refractivity contribution is 6.43. The van der Waals surface area contributed by atoms with E-state index < -0.39 is 19.2 Å². The van der Waals surface area contributed by atoms with Gasteiger partial charge in [0.15, 0.2) is 0 Å². The first-order valence-electron chi connectivity index (χ1n) is 10.8. The normalized spacial score (nSPS) is 23.1. The van der Waals surface area contributed by atoms with Gasteiger partial charge in [-0.2, -0.15) is 0 Å². The minimum atomic E-state index is -1.75. The molecule has 1 aromatic carbocycles. The van der Waals surface area contributed by atoms with Crippen LogP contribution in [0.4, 0.5) is 4.79 Å². The van der Waals surface area contributed by atoms with Gasteiger partial charge in [-0.3, -0.25) is 4.79 Å². The van der Waals surface area contributed by atoms with Crippen molar-refractivity contribution in [3.05, 3.63) is 59.1 Å². The number of piperidine rings is 1. The van der Waals surface area contributed by atoms with Crippen LogP contribution in [0.5, 0.6) is 0 Å². The van der Waals surface area contributed by atoms with Crippen molar-refractivity contribution in [2.45, 2.75) is 45.6 Å². The number of carbonyl (C=O) groups is 2. The van der Waals surface area contributed by atoms with Gasteiger partial charge in [0, 0.05) is 6.54 Å². The Balaban J connectivity index is 1.59. The van der Waals surface area contributed by atoms with Gasteiger partial charge in [0.05, 0.1) is 18.6 Å². The topological polar surface area (TPSA) is 103 Å². The van der Waals surface area contributed by atoms with Gasteiger partial charge in [-0.15, -0.1) is 0 Å². The number of likely N-dealkylation sites (tertiary alicyclic amines) is 1. The minimum absolute atomic E-state index is 0.000874. The van der Waals surface area contributed by atoms with Crippen LogP contribution in [-0.4, -0.2) is 59.2 Å². The highest BCUT2D eigenvalue weighted by Gasteiger charge is 2.54. The Morgan fingerprint density at radius 2 is 2.03 bits per heavy atom. The number of ether oxygens (including phenoxy) is 1. The van der Waals surface area contributed by atoms with Crippen LogP contribution in [-0.2, 0) is 16.0 Å². The van der Waals surface area contributed by atoms with Gasteiger partial charge in [-0.1, -0.05) is 57.2 Å². The Morgan fingerprint density at radius 3 is 2.62 bits per heavy atom. The SMILES string of the molecule is [C-]#[N+]C(=CC(C)(C)C)C(=O)N1C[C@@H]2C[C@@H]2[C@H]1COC(=O)N[C@@H](Cc1ccccc1)B(O)O. The van der Waals surface area contributed by atoms with Crippen molar-refractivity contribution in [1.29, 1.82) is 0 Å². The van der Waals surface area contributed by atoms with E-state index in [4.69, 9.17) is 11.3 Å². The molecule has 3 N–H and O–H groups in total. The summed E-state index contributed by atoms with van der Waals surface area (Å²) in [5.74, 6) is -0.619. The molecule has 0 bridgehead atoms. The number of amides is 2. The molecular weight excluding hydrogens is 409 g/mol. The summed E-state index contributed by atoms with van der Waals surface area (Å²) in [7, 11) is -1.75. The predicted molar refractivity (Wildman–Crippen MR) is 120 cm³/mol. The number of alkyl carbamates (subject to hydrolysis) is 1. The highest BCUT2D eigenvalue weighted by Crippen LogP contribution is 2.50. The van der Waals surface area contributed by atoms with Crippen LogP contribution < -0.4 is 5.32 Å². The van der Waals surface area contributed by atoms with E-state index in [0.717, 1.165) is 12.0 Å². The molecule has 32 heavy (non-hydrogen) atoms. The van der Waals surface area contributed by atoms with E-state index in [1.807, 2.05) is 51.1 Å². The molecule has 8 nitrogen and oxygen atoms in total. The summed E-state index contributed by atoms with van der Waals surface area (Å²) < 4.78 is 5.37. The van der Waals surface area contributed by atoms with Crippen molar-refractivity contribution in [3.63, 3.8) is 0 Å². The van der Waals surface area contributed by atoms with E-state index >= 15 is 0 Å². The van der Waals surface area contributed by atoms with Gasteiger partial charge in [-0.05, 0) is 35.7 Å². The van der Waals surface area contributed by atoms with E-state index in [2.05, 4.69) is 10.2 Å². The highest BCUT2D eigenvalue weighted by atomic mass is 16.5. The second-order valence-corrected chi connectivity index (χ2v) is 9.64. The number of allylic oxidation sites excluding steroid dienone is 1. The molecule has 9 heteroatoms. The fourth-order valence-corrected chi connectivity index (χ4v) is 4.17. The largest absolute Gasteiger partial charge is 0.475 e. The average molecular weight is 439 g/mol. The number of rotatable bonds is 7. The molecule has 1 aliphatic heterocycles. The zero-order valence-electron chi connectivity index (χ0n) is 18.7. The van der Waals surface area contributed by atoms with Crippen molar-refractivity contribution in [3.8, 4) is 0 Å². The molecule has 3 rings (SSSR count). The van der Waals surface area contributed by atoms with Crippen molar-refractivity contribution in [2.24, 2.45) is 17.3 Å². The number of carbonyl (C=O) groups excluding carboxylic acids is 2. The zero-order chi connectivity index (χ0) is 23.5. The number of fused-ring (bicyclic) bond motifs is 1. The summed E-state index contributed by atoms with van der Waals surface area (Å²) in [6, 6.07) is 8.89. The van der Waals surface area contributed by atoms with Gasteiger partial charge in [0.25, 0.3) is 5.91 Å². The van der Waals surface area contributed by atoms with Crippen molar-refractivity contribution < 1.29 is 24.4 Å². The maximum absolute atomic E-state index is 13.0. The van der Waals surface area contributed by atoms with Gasteiger partial charge in [-0.25, -0.2) is 9.64 Å². The lowest BCUT2D eigenvalue weighted by Gasteiger charge is -2.28. The third kappa shape index (κ3) is 6.12. The van der Waals surface area contributed by atoms with E-state index in [1.165, 1.54) is 0 Å². The zero-order valence-corrected chi connectivity index (χ0v) is 18.7. The molecular formula is C23H30BN3O5. The van der Waals surface area contributed by atoms with Crippen LogP contribution in [0.25, 0.3) is 4.85 Å². The molecule has 1 aromatic rings. The van der Waals surface area contributed by atoms with E-state index in [9.17, 15) is 19.6 Å². The smallest absolute Gasteiger partial charge is 0.447 e. The Hall–Kier alpha value is -2.83. The van der Waals surface area contributed by atoms with Gasteiger partial charge < -0.3 is 25.0 Å². The van der Waals surface area contributed by atoms with E-state index in [0.29, 0.717) is 12.5 Å². The lowest BCUT2D eigenvalue weighted by molar-refractivity contribution is -0.129. The molecule has 0 unspecified atom stereocenters. The van der Waals surface area contributed by atoms with Crippen LogP contribution >= 0.6 is 0 Å². The number of nitrogens with zero attached hydrogens (tertiary/aromatic N) is 2. The maximum atomic E-state index is 13.0. The molecule has 0 radical (unpaired) electrons. The van der Waals surface area contributed by atoms with Crippen molar-refractivity contribution in [2.75, 3.05) is 13.2 Å². The summed E-state index contributed by atoms with van der Waals surface area (Å²) >= 11 is 0. The number of benzene rings is 1. The summed E-state index contributed by atoms with van der Waals surface area (Å²) in [5.41, 5.74) is 0.624. The fourth-order valence-electron chi connectivity index (χ4n) is 4.17.